The number of nitrogens with one attached hydrogen (secondary N) is 2. The van der Waals surface area contributed by atoms with Crippen molar-refractivity contribution in [1.29, 1.82) is 0 Å². The molecule has 1 saturated heterocycles. The molecule has 8 heteroatoms. The van der Waals surface area contributed by atoms with E-state index in [1.807, 2.05) is 44.2 Å². The topological polar surface area (TPSA) is 101 Å². The van der Waals surface area contributed by atoms with Crippen molar-refractivity contribution in [3.05, 3.63) is 54.2 Å². The summed E-state index contributed by atoms with van der Waals surface area (Å²) < 4.78 is 5.09. The standard InChI is InChI=1S/C22H27N3O4S/c1-14(2)13-18(20(27)24-17-10-12-29-22(17)28)25-19(26)16-9-6-11-23-21(16)30-15-7-4-3-5-8-15/h3-9,11,14,17-18,22,28H,10,12-13H2,1-2H3,(H,24,27)(H,25,26)/t17-,18?,22-/m0/s1. The molecule has 0 radical (unpaired) electrons. The van der Waals surface area contributed by atoms with Crippen molar-refractivity contribution in [3.63, 3.8) is 0 Å². The number of amides is 2. The number of hydrogen-bond acceptors (Lipinski definition) is 6. The first-order valence-corrected chi connectivity index (χ1v) is 10.8. The highest BCUT2D eigenvalue weighted by Crippen LogP contribution is 2.28. The third-order valence-electron chi connectivity index (χ3n) is 4.69. The van der Waals surface area contributed by atoms with E-state index in [0.29, 0.717) is 30.0 Å². The Labute approximate surface area is 180 Å². The molecule has 2 amide bonds. The molecule has 160 valence electrons. The van der Waals surface area contributed by atoms with Gasteiger partial charge in [0.15, 0.2) is 6.29 Å². The molecule has 1 aliphatic heterocycles. The number of ether oxygens (including phenoxy) is 1. The zero-order valence-corrected chi connectivity index (χ0v) is 17.9. The van der Waals surface area contributed by atoms with E-state index in [9.17, 15) is 14.7 Å². The summed E-state index contributed by atoms with van der Waals surface area (Å²) in [6.07, 6.45) is 1.64. The summed E-state index contributed by atoms with van der Waals surface area (Å²) in [4.78, 5) is 31.2. The maximum Gasteiger partial charge on any atom is 0.254 e. The van der Waals surface area contributed by atoms with Crippen LogP contribution in [0, 0.1) is 5.92 Å². The van der Waals surface area contributed by atoms with Crippen LogP contribution in [-0.4, -0.2) is 46.9 Å². The minimum atomic E-state index is -1.02. The smallest absolute Gasteiger partial charge is 0.254 e. The average Bonchev–Trinajstić information content (AvgIpc) is 3.12. The Balaban J connectivity index is 1.73. The van der Waals surface area contributed by atoms with Gasteiger partial charge in [-0.15, -0.1) is 0 Å². The molecule has 30 heavy (non-hydrogen) atoms. The Hall–Kier alpha value is -2.42. The first-order valence-electron chi connectivity index (χ1n) is 10.0. The van der Waals surface area contributed by atoms with E-state index in [1.165, 1.54) is 11.8 Å². The number of nitrogens with zero attached hydrogens (tertiary/aromatic N) is 1. The summed E-state index contributed by atoms with van der Waals surface area (Å²) in [5, 5.41) is 16.0. The second-order valence-corrected chi connectivity index (χ2v) is 8.65. The lowest BCUT2D eigenvalue weighted by Crippen LogP contribution is -2.51. The molecular weight excluding hydrogens is 402 g/mol. The number of aliphatic hydroxyl groups is 1. The molecule has 2 heterocycles. The van der Waals surface area contributed by atoms with Crippen LogP contribution in [-0.2, 0) is 9.53 Å². The Kier molecular flexibility index (Phi) is 7.84. The third kappa shape index (κ3) is 6.04. The third-order valence-corrected chi connectivity index (χ3v) is 5.72. The second-order valence-electron chi connectivity index (χ2n) is 7.59. The van der Waals surface area contributed by atoms with Crippen LogP contribution in [0.3, 0.4) is 0 Å². The highest BCUT2D eigenvalue weighted by molar-refractivity contribution is 7.99. The lowest BCUT2D eigenvalue weighted by Gasteiger charge is -2.23. The predicted molar refractivity (Wildman–Crippen MR) is 114 cm³/mol. The average molecular weight is 430 g/mol. The van der Waals surface area contributed by atoms with Gasteiger partial charge in [0.25, 0.3) is 5.91 Å². The summed E-state index contributed by atoms with van der Waals surface area (Å²) in [6.45, 7) is 4.37. The molecule has 3 rings (SSSR count). The zero-order valence-electron chi connectivity index (χ0n) is 17.1. The minimum absolute atomic E-state index is 0.192. The van der Waals surface area contributed by atoms with Crippen molar-refractivity contribution >= 4 is 23.6 Å². The van der Waals surface area contributed by atoms with Crippen LogP contribution in [0.1, 0.15) is 37.0 Å². The number of rotatable bonds is 8. The number of carbonyl (C=O) groups excluding carboxylic acids is 2. The highest BCUT2D eigenvalue weighted by Gasteiger charge is 2.31. The van der Waals surface area contributed by atoms with Crippen molar-refractivity contribution in [2.45, 2.75) is 55.0 Å². The lowest BCUT2D eigenvalue weighted by molar-refractivity contribution is -0.127. The largest absolute Gasteiger partial charge is 0.366 e. The molecule has 1 fully saturated rings. The van der Waals surface area contributed by atoms with Crippen LogP contribution >= 0.6 is 11.8 Å². The molecule has 3 N–H and O–H groups in total. The van der Waals surface area contributed by atoms with E-state index in [-0.39, 0.29) is 17.7 Å². The van der Waals surface area contributed by atoms with Crippen molar-refractivity contribution < 1.29 is 19.4 Å². The molecule has 1 aromatic heterocycles. The molecule has 0 bridgehead atoms. The number of aromatic nitrogens is 1. The lowest BCUT2D eigenvalue weighted by atomic mass is 10.0. The predicted octanol–water partition coefficient (Wildman–Crippen LogP) is 2.60. The number of carbonyl (C=O) groups is 2. The summed E-state index contributed by atoms with van der Waals surface area (Å²) in [5.41, 5.74) is 0.414. The zero-order chi connectivity index (χ0) is 21.5. The number of aliphatic hydroxyl groups excluding tert-OH is 1. The molecule has 1 unspecified atom stereocenters. The molecule has 1 aromatic carbocycles. The first kappa shape index (κ1) is 22.3. The van der Waals surface area contributed by atoms with E-state index in [1.54, 1.807) is 18.3 Å². The summed E-state index contributed by atoms with van der Waals surface area (Å²) in [6, 6.07) is 11.9. The number of benzene rings is 1. The molecule has 2 aromatic rings. The molecule has 0 spiro atoms. The van der Waals surface area contributed by atoms with E-state index in [2.05, 4.69) is 15.6 Å². The molecular formula is C22H27N3O4S. The van der Waals surface area contributed by atoms with Gasteiger partial charge in [-0.25, -0.2) is 4.98 Å². The first-order chi connectivity index (χ1) is 14.4. The SMILES string of the molecule is CC(C)CC(NC(=O)c1cccnc1Sc1ccccc1)C(=O)N[C@H]1CCO[C@@H]1O. The van der Waals surface area contributed by atoms with Crippen molar-refractivity contribution in [2.24, 2.45) is 5.92 Å². The van der Waals surface area contributed by atoms with Crippen LogP contribution in [0.2, 0.25) is 0 Å². The Morgan fingerprint density at radius 1 is 1.23 bits per heavy atom. The van der Waals surface area contributed by atoms with Crippen LogP contribution in [0.4, 0.5) is 0 Å². The second kappa shape index (κ2) is 10.6. The van der Waals surface area contributed by atoms with E-state index in [4.69, 9.17) is 4.74 Å². The molecule has 7 nitrogen and oxygen atoms in total. The van der Waals surface area contributed by atoms with Gasteiger partial charge in [-0.1, -0.05) is 43.8 Å². The quantitative estimate of drug-likeness (QED) is 0.596. The van der Waals surface area contributed by atoms with E-state index >= 15 is 0 Å². The summed E-state index contributed by atoms with van der Waals surface area (Å²) in [7, 11) is 0. The van der Waals surface area contributed by atoms with Crippen LogP contribution < -0.4 is 10.6 Å². The fourth-order valence-electron chi connectivity index (χ4n) is 3.19. The summed E-state index contributed by atoms with van der Waals surface area (Å²) in [5.74, 6) is -0.490. The van der Waals surface area contributed by atoms with Gasteiger partial charge >= 0.3 is 0 Å². The van der Waals surface area contributed by atoms with Crippen LogP contribution in [0.25, 0.3) is 0 Å². The highest BCUT2D eigenvalue weighted by atomic mass is 32.2. The van der Waals surface area contributed by atoms with Gasteiger partial charge in [-0.2, -0.15) is 0 Å². The van der Waals surface area contributed by atoms with Crippen LogP contribution in [0.15, 0.2) is 58.6 Å². The number of pyridine rings is 1. The molecule has 0 aliphatic carbocycles. The fourth-order valence-corrected chi connectivity index (χ4v) is 4.09. The normalized spacial score (nSPS) is 19.5. The maximum atomic E-state index is 13.0. The van der Waals surface area contributed by atoms with Gasteiger partial charge in [0.05, 0.1) is 18.2 Å². The Morgan fingerprint density at radius 3 is 2.67 bits per heavy atom. The maximum absolute atomic E-state index is 13.0. The van der Waals surface area contributed by atoms with E-state index < -0.39 is 18.4 Å². The van der Waals surface area contributed by atoms with Crippen molar-refractivity contribution in [3.8, 4) is 0 Å². The molecule has 3 atom stereocenters. The summed E-state index contributed by atoms with van der Waals surface area (Å²) >= 11 is 1.40. The minimum Gasteiger partial charge on any atom is -0.366 e. The Bertz CT molecular complexity index is 862. The molecule has 1 aliphatic rings. The molecule has 0 saturated carbocycles. The van der Waals surface area contributed by atoms with Gasteiger partial charge < -0.3 is 20.5 Å². The number of hydrogen-bond donors (Lipinski definition) is 3. The van der Waals surface area contributed by atoms with Gasteiger partial charge in [-0.3, -0.25) is 9.59 Å². The fraction of sp³-hybridized carbons (Fsp3) is 0.409. The van der Waals surface area contributed by atoms with Gasteiger partial charge in [0.1, 0.15) is 11.1 Å². The van der Waals surface area contributed by atoms with Crippen molar-refractivity contribution in [1.82, 2.24) is 15.6 Å². The van der Waals surface area contributed by atoms with Crippen molar-refractivity contribution in [2.75, 3.05) is 6.61 Å². The van der Waals surface area contributed by atoms with Gasteiger partial charge in [-0.05, 0) is 43.0 Å². The van der Waals surface area contributed by atoms with Gasteiger partial charge in [0, 0.05) is 11.1 Å². The van der Waals surface area contributed by atoms with Crippen LogP contribution in [0.5, 0.6) is 0 Å². The van der Waals surface area contributed by atoms with Gasteiger partial charge in [0.2, 0.25) is 5.91 Å². The monoisotopic (exact) mass is 429 g/mol. The van der Waals surface area contributed by atoms with E-state index in [0.717, 1.165) is 4.90 Å². The Morgan fingerprint density at radius 2 is 2.00 bits per heavy atom.